The largest absolute Gasteiger partial charge is 0.495 e. The first-order chi connectivity index (χ1) is 11.8. The van der Waals surface area contributed by atoms with Crippen molar-refractivity contribution in [3.63, 3.8) is 0 Å². The number of anilines is 1. The topological polar surface area (TPSA) is 60.1 Å². The van der Waals surface area contributed by atoms with Crippen LogP contribution in [0, 0.1) is 0 Å². The molecule has 0 amide bonds. The Hall–Kier alpha value is -2.53. The normalized spacial score (nSPS) is 16.9. The van der Waals surface area contributed by atoms with E-state index in [1.54, 1.807) is 7.11 Å². The molecule has 1 atom stereocenters. The fraction of sp³-hybridized carbons (Fsp3) is 0.316. The zero-order chi connectivity index (χ0) is 16.9. The number of nitrogens with zero attached hydrogens (tertiary/aromatic N) is 2. The molecule has 1 unspecified atom stereocenters. The molecule has 1 aliphatic heterocycles. The minimum absolute atomic E-state index is 0.107. The Morgan fingerprint density at radius 1 is 1.17 bits per heavy atom. The molecule has 0 radical (unpaired) electrons. The van der Waals surface area contributed by atoms with Crippen molar-refractivity contribution in [3.05, 3.63) is 54.1 Å². The zero-order valence-corrected chi connectivity index (χ0v) is 14.1. The van der Waals surface area contributed by atoms with Gasteiger partial charge in [0.2, 0.25) is 0 Å². The number of ether oxygens (including phenoxy) is 2. The monoisotopic (exact) mass is 325 g/mol. The highest BCUT2D eigenvalue weighted by atomic mass is 16.5. The zero-order valence-electron chi connectivity index (χ0n) is 14.1. The Bertz CT molecular complexity index is 713. The Morgan fingerprint density at radius 2 is 1.92 bits per heavy atom. The molecule has 24 heavy (non-hydrogen) atoms. The number of hydrazone groups is 1. The number of para-hydroxylation sites is 2. The van der Waals surface area contributed by atoms with Crippen LogP contribution in [0.5, 0.6) is 11.5 Å². The molecular formula is C19H23N3O2. The van der Waals surface area contributed by atoms with Crippen molar-refractivity contribution < 1.29 is 9.47 Å². The van der Waals surface area contributed by atoms with Crippen LogP contribution in [0.1, 0.15) is 24.9 Å². The van der Waals surface area contributed by atoms with E-state index in [0.717, 1.165) is 29.3 Å². The van der Waals surface area contributed by atoms with Gasteiger partial charge in [0.15, 0.2) is 0 Å². The van der Waals surface area contributed by atoms with Gasteiger partial charge in [-0.1, -0.05) is 24.3 Å². The first-order valence-electron chi connectivity index (χ1n) is 8.18. The minimum Gasteiger partial charge on any atom is -0.495 e. The van der Waals surface area contributed by atoms with E-state index in [-0.39, 0.29) is 6.04 Å². The van der Waals surface area contributed by atoms with E-state index in [1.807, 2.05) is 48.3 Å². The summed E-state index contributed by atoms with van der Waals surface area (Å²) in [6.45, 7) is 3.10. The van der Waals surface area contributed by atoms with E-state index in [9.17, 15) is 0 Å². The van der Waals surface area contributed by atoms with Gasteiger partial charge in [0, 0.05) is 13.0 Å². The van der Waals surface area contributed by atoms with Gasteiger partial charge < -0.3 is 15.2 Å². The summed E-state index contributed by atoms with van der Waals surface area (Å²) in [5.41, 5.74) is 8.95. The molecule has 0 saturated heterocycles. The van der Waals surface area contributed by atoms with Crippen LogP contribution in [0.2, 0.25) is 0 Å². The lowest BCUT2D eigenvalue weighted by molar-refractivity contribution is 0.340. The Morgan fingerprint density at radius 3 is 2.58 bits per heavy atom. The second kappa shape index (κ2) is 7.36. The van der Waals surface area contributed by atoms with Crippen LogP contribution in [0.3, 0.4) is 0 Å². The van der Waals surface area contributed by atoms with Gasteiger partial charge in [-0.05, 0) is 36.8 Å². The third-order valence-electron chi connectivity index (χ3n) is 4.12. The van der Waals surface area contributed by atoms with Crippen molar-refractivity contribution in [2.75, 3.05) is 25.3 Å². The van der Waals surface area contributed by atoms with Crippen LogP contribution in [-0.2, 0) is 0 Å². The molecule has 0 aromatic heterocycles. The lowest BCUT2D eigenvalue weighted by Crippen LogP contribution is -2.19. The molecule has 1 aliphatic rings. The fourth-order valence-electron chi connectivity index (χ4n) is 2.95. The molecule has 126 valence electrons. The number of rotatable bonds is 6. The average molecular weight is 325 g/mol. The predicted octanol–water partition coefficient (Wildman–Crippen LogP) is 3.36. The van der Waals surface area contributed by atoms with E-state index >= 15 is 0 Å². The molecule has 0 spiro atoms. The average Bonchev–Trinajstić information content (AvgIpc) is 3.07. The highest BCUT2D eigenvalue weighted by Crippen LogP contribution is 2.39. The Kier molecular flexibility index (Phi) is 5.01. The van der Waals surface area contributed by atoms with Crippen LogP contribution in [0.4, 0.5) is 5.69 Å². The van der Waals surface area contributed by atoms with Crippen LogP contribution in [-0.4, -0.2) is 26.0 Å². The van der Waals surface area contributed by atoms with E-state index in [2.05, 4.69) is 12.1 Å². The second-order valence-corrected chi connectivity index (χ2v) is 5.61. The molecule has 0 saturated carbocycles. The summed E-state index contributed by atoms with van der Waals surface area (Å²) in [5, 5.41) is 6.73. The number of methoxy groups -OCH3 is 1. The number of hydrogen-bond acceptors (Lipinski definition) is 5. The summed E-state index contributed by atoms with van der Waals surface area (Å²) in [6.07, 6.45) is 0.808. The van der Waals surface area contributed by atoms with Crippen LogP contribution in [0.15, 0.2) is 53.6 Å². The lowest BCUT2D eigenvalue weighted by atomic mass is 10.0. The maximum absolute atomic E-state index is 5.84. The molecule has 1 heterocycles. The van der Waals surface area contributed by atoms with Gasteiger partial charge in [-0.15, -0.1) is 0 Å². The van der Waals surface area contributed by atoms with E-state index in [0.29, 0.717) is 13.2 Å². The molecule has 5 nitrogen and oxygen atoms in total. The Labute approximate surface area is 142 Å². The molecule has 0 bridgehead atoms. The maximum Gasteiger partial charge on any atom is 0.144 e. The van der Waals surface area contributed by atoms with Crippen molar-refractivity contribution in [2.24, 2.45) is 10.8 Å². The highest BCUT2D eigenvalue weighted by Gasteiger charge is 2.30. The summed E-state index contributed by atoms with van der Waals surface area (Å²) in [5.74, 6) is 1.68. The smallest absolute Gasteiger partial charge is 0.144 e. The van der Waals surface area contributed by atoms with Crippen molar-refractivity contribution in [1.29, 1.82) is 0 Å². The van der Waals surface area contributed by atoms with Crippen molar-refractivity contribution in [1.82, 2.24) is 0 Å². The second-order valence-electron chi connectivity index (χ2n) is 5.61. The van der Waals surface area contributed by atoms with Gasteiger partial charge in [0.25, 0.3) is 0 Å². The quantitative estimate of drug-likeness (QED) is 0.885. The van der Waals surface area contributed by atoms with Crippen molar-refractivity contribution in [3.8, 4) is 11.5 Å². The summed E-state index contributed by atoms with van der Waals surface area (Å²) >= 11 is 0. The first-order valence-corrected chi connectivity index (χ1v) is 8.18. The molecule has 5 heteroatoms. The van der Waals surface area contributed by atoms with Crippen molar-refractivity contribution >= 4 is 11.4 Å². The van der Waals surface area contributed by atoms with Crippen LogP contribution >= 0.6 is 0 Å². The highest BCUT2D eigenvalue weighted by molar-refractivity contribution is 5.90. The van der Waals surface area contributed by atoms with Crippen LogP contribution in [0.25, 0.3) is 0 Å². The molecule has 2 aromatic carbocycles. The SMILES string of the molecule is CCOc1ccc(C2CC(CN)=NN2c2ccccc2OC)cc1. The fourth-order valence-corrected chi connectivity index (χ4v) is 2.95. The number of benzene rings is 2. The lowest BCUT2D eigenvalue weighted by Gasteiger charge is -2.25. The van der Waals surface area contributed by atoms with Gasteiger partial charge in [-0.25, -0.2) is 0 Å². The standard InChI is InChI=1S/C19H23N3O2/c1-3-24-16-10-8-14(9-11-16)18-12-15(13-20)21-22(18)17-6-4-5-7-19(17)23-2/h4-11,18H,3,12-13,20H2,1-2H3. The third kappa shape index (κ3) is 3.21. The Balaban J connectivity index is 1.94. The van der Waals surface area contributed by atoms with Gasteiger partial charge in [0.1, 0.15) is 17.2 Å². The molecule has 3 rings (SSSR count). The molecule has 2 aromatic rings. The molecule has 2 N–H and O–H groups in total. The number of hydrogen-bond donors (Lipinski definition) is 1. The van der Waals surface area contributed by atoms with Gasteiger partial charge in [0.05, 0.1) is 25.5 Å². The summed E-state index contributed by atoms with van der Waals surface area (Å²) in [6, 6.07) is 16.2. The summed E-state index contributed by atoms with van der Waals surface area (Å²) < 4.78 is 11.0. The van der Waals surface area contributed by atoms with Gasteiger partial charge in [-0.2, -0.15) is 5.10 Å². The van der Waals surface area contributed by atoms with E-state index < -0.39 is 0 Å². The van der Waals surface area contributed by atoms with Crippen molar-refractivity contribution in [2.45, 2.75) is 19.4 Å². The van der Waals surface area contributed by atoms with Crippen LogP contribution < -0.4 is 20.2 Å². The molecule has 0 fully saturated rings. The molecular weight excluding hydrogens is 302 g/mol. The third-order valence-corrected chi connectivity index (χ3v) is 4.12. The summed E-state index contributed by atoms with van der Waals surface area (Å²) in [7, 11) is 1.67. The van der Waals surface area contributed by atoms with E-state index in [4.69, 9.17) is 20.3 Å². The predicted molar refractivity (Wildman–Crippen MR) is 96.9 cm³/mol. The summed E-state index contributed by atoms with van der Waals surface area (Å²) in [4.78, 5) is 0. The molecule has 0 aliphatic carbocycles. The first kappa shape index (κ1) is 16.3. The maximum atomic E-state index is 5.84. The van der Waals surface area contributed by atoms with E-state index in [1.165, 1.54) is 5.56 Å². The van der Waals surface area contributed by atoms with Gasteiger partial charge >= 0.3 is 0 Å². The minimum atomic E-state index is 0.107. The van der Waals surface area contributed by atoms with Gasteiger partial charge in [-0.3, -0.25) is 5.01 Å². The number of nitrogens with two attached hydrogens (primary N) is 1.